The molecule has 0 aliphatic carbocycles. The van der Waals surface area contributed by atoms with Gasteiger partial charge in [0.15, 0.2) is 0 Å². The second kappa shape index (κ2) is 7.18. The maximum absolute atomic E-state index is 14.2. The molecule has 2 aromatic carbocycles. The molecule has 0 saturated carbocycles. The van der Waals surface area contributed by atoms with Gasteiger partial charge in [0.25, 0.3) is 0 Å². The van der Waals surface area contributed by atoms with E-state index >= 15 is 0 Å². The molecule has 3 aromatic heterocycles. The van der Waals surface area contributed by atoms with Crippen molar-refractivity contribution in [1.82, 2.24) is 24.7 Å². The van der Waals surface area contributed by atoms with Gasteiger partial charge in [0, 0.05) is 35.4 Å². The number of aromatic nitrogens is 5. The van der Waals surface area contributed by atoms with Gasteiger partial charge in [0.2, 0.25) is 0 Å². The van der Waals surface area contributed by atoms with E-state index in [0.29, 0.717) is 17.9 Å². The topological polar surface area (TPSA) is 59.4 Å². The van der Waals surface area contributed by atoms with Gasteiger partial charge in [-0.15, -0.1) is 0 Å². The summed E-state index contributed by atoms with van der Waals surface area (Å²) in [6.45, 7) is 2.71. The largest absolute Gasteiger partial charge is 0.354 e. The zero-order chi connectivity index (χ0) is 20.7. The van der Waals surface area contributed by atoms with Crippen LogP contribution in [-0.4, -0.2) is 24.7 Å². The van der Waals surface area contributed by atoms with Crippen LogP contribution in [0.5, 0.6) is 0 Å². The molecule has 7 heteroatoms. The molecule has 0 spiro atoms. The Morgan fingerprint density at radius 3 is 2.53 bits per heavy atom. The molecular formula is C23H17F2N5. The Morgan fingerprint density at radius 2 is 1.80 bits per heavy atom. The SMILES string of the molecule is CCn1nc(-c2cnccn2)cc1-c1ccc2[nH]c(-c3c(F)cccc3F)cc2c1. The second-order valence-electron chi connectivity index (χ2n) is 6.90. The number of aryl methyl sites for hydroxylation is 1. The first-order valence-corrected chi connectivity index (χ1v) is 9.56. The Hall–Kier alpha value is -3.87. The summed E-state index contributed by atoms with van der Waals surface area (Å²) in [5, 5.41) is 5.50. The second-order valence-corrected chi connectivity index (χ2v) is 6.90. The summed E-state index contributed by atoms with van der Waals surface area (Å²) in [6.07, 6.45) is 4.93. The number of halogens is 2. The molecule has 0 aliphatic rings. The summed E-state index contributed by atoms with van der Waals surface area (Å²) < 4.78 is 30.3. The summed E-state index contributed by atoms with van der Waals surface area (Å²) in [6, 6.07) is 13.4. The predicted molar refractivity (Wildman–Crippen MR) is 112 cm³/mol. The normalized spacial score (nSPS) is 11.3. The molecule has 1 N–H and O–H groups in total. The number of nitrogens with one attached hydrogen (secondary N) is 1. The molecule has 148 valence electrons. The van der Waals surface area contributed by atoms with E-state index in [-0.39, 0.29) is 5.56 Å². The van der Waals surface area contributed by atoms with Gasteiger partial charge in [0.1, 0.15) is 23.0 Å². The fourth-order valence-corrected chi connectivity index (χ4v) is 3.63. The lowest BCUT2D eigenvalue weighted by atomic mass is 10.1. The highest BCUT2D eigenvalue weighted by Gasteiger charge is 2.15. The van der Waals surface area contributed by atoms with Crippen molar-refractivity contribution in [2.45, 2.75) is 13.5 Å². The summed E-state index contributed by atoms with van der Waals surface area (Å²) in [5.74, 6) is -1.20. The molecule has 0 unspecified atom stereocenters. The third kappa shape index (κ3) is 3.04. The highest BCUT2D eigenvalue weighted by Crippen LogP contribution is 2.32. The van der Waals surface area contributed by atoms with Gasteiger partial charge in [-0.2, -0.15) is 5.10 Å². The van der Waals surface area contributed by atoms with Crippen molar-refractivity contribution in [2.75, 3.05) is 0 Å². The third-order valence-corrected chi connectivity index (χ3v) is 5.05. The van der Waals surface area contributed by atoms with Crippen molar-refractivity contribution in [3.63, 3.8) is 0 Å². The van der Waals surface area contributed by atoms with Crippen molar-refractivity contribution in [3.05, 3.63) is 78.8 Å². The summed E-state index contributed by atoms with van der Waals surface area (Å²) in [7, 11) is 0. The molecule has 5 rings (SSSR count). The van der Waals surface area contributed by atoms with Crippen LogP contribution >= 0.6 is 0 Å². The van der Waals surface area contributed by atoms with Crippen LogP contribution in [0.3, 0.4) is 0 Å². The van der Waals surface area contributed by atoms with Crippen LogP contribution in [0.15, 0.2) is 67.1 Å². The van der Waals surface area contributed by atoms with E-state index in [2.05, 4.69) is 20.1 Å². The number of hydrogen-bond donors (Lipinski definition) is 1. The minimum absolute atomic E-state index is 0.0567. The lowest BCUT2D eigenvalue weighted by Crippen LogP contribution is -1.99. The highest BCUT2D eigenvalue weighted by atomic mass is 19.1. The monoisotopic (exact) mass is 401 g/mol. The zero-order valence-corrected chi connectivity index (χ0v) is 16.1. The molecular weight excluding hydrogens is 384 g/mol. The number of hydrogen-bond acceptors (Lipinski definition) is 3. The van der Waals surface area contributed by atoms with Crippen LogP contribution in [0.25, 0.3) is 44.8 Å². The van der Waals surface area contributed by atoms with Gasteiger partial charge < -0.3 is 4.98 Å². The van der Waals surface area contributed by atoms with E-state index in [1.165, 1.54) is 18.2 Å². The lowest BCUT2D eigenvalue weighted by molar-refractivity contribution is 0.589. The fourth-order valence-electron chi connectivity index (χ4n) is 3.63. The molecule has 5 aromatic rings. The average Bonchev–Trinajstić information content (AvgIpc) is 3.38. The van der Waals surface area contributed by atoms with Gasteiger partial charge in [-0.1, -0.05) is 12.1 Å². The van der Waals surface area contributed by atoms with E-state index in [1.54, 1.807) is 24.7 Å². The zero-order valence-electron chi connectivity index (χ0n) is 16.1. The summed E-state index contributed by atoms with van der Waals surface area (Å²) >= 11 is 0. The number of H-pyrrole nitrogens is 1. The Balaban J connectivity index is 1.60. The van der Waals surface area contributed by atoms with Crippen LogP contribution < -0.4 is 0 Å². The van der Waals surface area contributed by atoms with Gasteiger partial charge in [-0.25, -0.2) is 8.78 Å². The first-order chi connectivity index (χ1) is 14.6. The van der Waals surface area contributed by atoms with Crippen LogP contribution in [0.2, 0.25) is 0 Å². The van der Waals surface area contributed by atoms with E-state index in [4.69, 9.17) is 0 Å². The van der Waals surface area contributed by atoms with Crippen LogP contribution in [-0.2, 0) is 6.54 Å². The van der Waals surface area contributed by atoms with Crippen molar-refractivity contribution in [3.8, 4) is 33.9 Å². The molecule has 0 fully saturated rings. The number of aromatic amines is 1. The molecule has 0 atom stereocenters. The predicted octanol–water partition coefficient (Wildman–Crippen LogP) is 5.45. The lowest BCUT2D eigenvalue weighted by Gasteiger charge is -2.04. The van der Waals surface area contributed by atoms with Crippen molar-refractivity contribution in [2.24, 2.45) is 0 Å². The average molecular weight is 401 g/mol. The number of nitrogens with zero attached hydrogens (tertiary/aromatic N) is 4. The van der Waals surface area contributed by atoms with Gasteiger partial charge in [-0.05, 0) is 43.3 Å². The minimum atomic E-state index is -0.598. The minimum Gasteiger partial charge on any atom is -0.354 e. The van der Waals surface area contributed by atoms with E-state index in [0.717, 1.165) is 27.9 Å². The van der Waals surface area contributed by atoms with Crippen LogP contribution in [0.4, 0.5) is 8.78 Å². The maximum Gasteiger partial charge on any atom is 0.135 e. The van der Waals surface area contributed by atoms with E-state index in [9.17, 15) is 8.78 Å². The fraction of sp³-hybridized carbons (Fsp3) is 0.0870. The molecule has 3 heterocycles. The molecule has 30 heavy (non-hydrogen) atoms. The van der Waals surface area contributed by atoms with Crippen molar-refractivity contribution < 1.29 is 8.78 Å². The van der Waals surface area contributed by atoms with E-state index in [1.807, 2.05) is 35.9 Å². The Bertz CT molecular complexity index is 1330. The van der Waals surface area contributed by atoms with Gasteiger partial charge in [-0.3, -0.25) is 14.6 Å². The smallest absolute Gasteiger partial charge is 0.135 e. The number of fused-ring (bicyclic) bond motifs is 1. The third-order valence-electron chi connectivity index (χ3n) is 5.05. The Kier molecular flexibility index (Phi) is 4.35. The Morgan fingerprint density at radius 1 is 0.967 bits per heavy atom. The standard InChI is InChI=1S/C23H17F2N5/c1-2-30-22(12-19(29-30)21-13-26-8-9-27-21)14-6-7-18-15(10-14)11-20(28-18)23-16(24)4-3-5-17(23)25/h3-13,28H,2H2,1H3. The van der Waals surface area contributed by atoms with Gasteiger partial charge >= 0.3 is 0 Å². The molecule has 0 amide bonds. The molecule has 5 nitrogen and oxygen atoms in total. The number of rotatable bonds is 4. The summed E-state index contributed by atoms with van der Waals surface area (Å²) in [5.41, 5.74) is 4.47. The summed E-state index contributed by atoms with van der Waals surface area (Å²) in [4.78, 5) is 11.5. The van der Waals surface area contributed by atoms with E-state index < -0.39 is 11.6 Å². The van der Waals surface area contributed by atoms with Crippen LogP contribution in [0, 0.1) is 11.6 Å². The van der Waals surface area contributed by atoms with Gasteiger partial charge in [0.05, 0.1) is 23.1 Å². The molecule has 0 aliphatic heterocycles. The van der Waals surface area contributed by atoms with Crippen LogP contribution in [0.1, 0.15) is 6.92 Å². The van der Waals surface area contributed by atoms with Crippen molar-refractivity contribution >= 4 is 10.9 Å². The quantitative estimate of drug-likeness (QED) is 0.435. The highest BCUT2D eigenvalue weighted by molar-refractivity contribution is 5.89. The first kappa shape index (κ1) is 18.2. The molecule has 0 saturated heterocycles. The number of benzene rings is 2. The molecule has 0 radical (unpaired) electrons. The maximum atomic E-state index is 14.2. The first-order valence-electron chi connectivity index (χ1n) is 9.56. The van der Waals surface area contributed by atoms with Crippen molar-refractivity contribution in [1.29, 1.82) is 0 Å². The Labute approximate surface area is 171 Å². The molecule has 0 bridgehead atoms.